The third-order valence-electron chi connectivity index (χ3n) is 3.42. The lowest BCUT2D eigenvalue weighted by Gasteiger charge is -2.09. The Morgan fingerprint density at radius 3 is 2.65 bits per heavy atom. The average Bonchev–Trinajstić information content (AvgIpc) is 2.68. The summed E-state index contributed by atoms with van der Waals surface area (Å²) in [5, 5.41) is 6.25. The van der Waals surface area contributed by atoms with Gasteiger partial charge in [-0.05, 0) is 30.2 Å². The standard InChI is InChI=1S/C18H20N4O4/c1-25-15-6-5-13(10-16(15)26-2)7-9-20-17(23)18(24)22-21-12-14-4-3-8-19-11-14/h3-6,8,10-12H,7,9H2,1-2H3,(H,20,23)(H,22,24)/b21-12-. The molecule has 0 spiro atoms. The first kappa shape index (κ1) is 18.9. The molecular weight excluding hydrogens is 336 g/mol. The number of hydrazone groups is 1. The number of amides is 2. The molecule has 8 nitrogen and oxygen atoms in total. The van der Waals surface area contributed by atoms with E-state index >= 15 is 0 Å². The first-order valence-corrected chi connectivity index (χ1v) is 7.86. The smallest absolute Gasteiger partial charge is 0.329 e. The van der Waals surface area contributed by atoms with Gasteiger partial charge in [-0.2, -0.15) is 5.10 Å². The van der Waals surface area contributed by atoms with Crippen molar-refractivity contribution in [2.45, 2.75) is 6.42 Å². The fourth-order valence-electron chi connectivity index (χ4n) is 2.11. The van der Waals surface area contributed by atoms with Gasteiger partial charge in [0.1, 0.15) is 0 Å². The Bertz CT molecular complexity index is 778. The fourth-order valence-corrected chi connectivity index (χ4v) is 2.11. The molecule has 0 aliphatic rings. The summed E-state index contributed by atoms with van der Waals surface area (Å²) in [6.45, 7) is 0.300. The molecule has 0 aliphatic heterocycles. The highest BCUT2D eigenvalue weighted by Crippen LogP contribution is 2.27. The monoisotopic (exact) mass is 356 g/mol. The van der Waals surface area contributed by atoms with Gasteiger partial charge in [-0.1, -0.05) is 12.1 Å². The van der Waals surface area contributed by atoms with Gasteiger partial charge in [-0.3, -0.25) is 14.6 Å². The van der Waals surface area contributed by atoms with Gasteiger partial charge >= 0.3 is 11.8 Å². The number of nitrogens with one attached hydrogen (secondary N) is 2. The van der Waals surface area contributed by atoms with Gasteiger partial charge in [0.15, 0.2) is 11.5 Å². The van der Waals surface area contributed by atoms with E-state index in [0.717, 1.165) is 5.56 Å². The van der Waals surface area contributed by atoms with Crippen molar-refractivity contribution < 1.29 is 19.1 Å². The van der Waals surface area contributed by atoms with E-state index in [1.54, 1.807) is 44.8 Å². The minimum atomic E-state index is -0.836. The van der Waals surface area contributed by atoms with Crippen molar-refractivity contribution in [3.8, 4) is 11.5 Å². The van der Waals surface area contributed by atoms with Crippen LogP contribution in [-0.4, -0.2) is 43.8 Å². The Morgan fingerprint density at radius 2 is 1.96 bits per heavy atom. The molecule has 0 saturated carbocycles. The minimum absolute atomic E-state index is 0.300. The van der Waals surface area contributed by atoms with Crippen molar-refractivity contribution in [3.05, 3.63) is 53.9 Å². The summed E-state index contributed by atoms with van der Waals surface area (Å²) in [6.07, 6.45) is 5.15. The summed E-state index contributed by atoms with van der Waals surface area (Å²) in [6, 6.07) is 8.99. The number of benzene rings is 1. The molecule has 8 heteroatoms. The molecule has 1 aromatic carbocycles. The van der Waals surface area contributed by atoms with Crippen LogP contribution in [0.1, 0.15) is 11.1 Å². The number of nitrogens with zero attached hydrogens (tertiary/aromatic N) is 2. The van der Waals surface area contributed by atoms with Crippen LogP contribution in [0.3, 0.4) is 0 Å². The lowest BCUT2D eigenvalue weighted by Crippen LogP contribution is -2.38. The topological polar surface area (TPSA) is 102 Å². The summed E-state index contributed by atoms with van der Waals surface area (Å²) in [7, 11) is 3.12. The van der Waals surface area contributed by atoms with Gasteiger partial charge < -0.3 is 14.8 Å². The summed E-state index contributed by atoms with van der Waals surface area (Å²) in [5.74, 6) is -0.351. The summed E-state index contributed by atoms with van der Waals surface area (Å²) < 4.78 is 10.4. The summed E-state index contributed by atoms with van der Waals surface area (Å²) in [4.78, 5) is 27.3. The van der Waals surface area contributed by atoms with Crippen molar-refractivity contribution >= 4 is 18.0 Å². The van der Waals surface area contributed by atoms with Crippen LogP contribution in [0.5, 0.6) is 11.5 Å². The highest BCUT2D eigenvalue weighted by atomic mass is 16.5. The number of hydrogen-bond acceptors (Lipinski definition) is 6. The minimum Gasteiger partial charge on any atom is -0.493 e. The van der Waals surface area contributed by atoms with Crippen molar-refractivity contribution in [3.63, 3.8) is 0 Å². The van der Waals surface area contributed by atoms with E-state index in [4.69, 9.17) is 9.47 Å². The second kappa shape index (κ2) is 9.77. The molecule has 2 N–H and O–H groups in total. The van der Waals surface area contributed by atoms with Gasteiger partial charge in [0.25, 0.3) is 0 Å². The van der Waals surface area contributed by atoms with Gasteiger partial charge in [0.05, 0.1) is 20.4 Å². The molecule has 0 atom stereocenters. The van der Waals surface area contributed by atoms with Gasteiger partial charge in [-0.25, -0.2) is 5.43 Å². The first-order chi connectivity index (χ1) is 12.6. The van der Waals surface area contributed by atoms with E-state index in [2.05, 4.69) is 20.8 Å². The highest BCUT2D eigenvalue weighted by molar-refractivity contribution is 6.35. The quantitative estimate of drug-likeness (QED) is 0.436. The molecule has 26 heavy (non-hydrogen) atoms. The van der Waals surface area contributed by atoms with Gasteiger partial charge in [0.2, 0.25) is 0 Å². The van der Waals surface area contributed by atoms with Crippen LogP contribution in [0.15, 0.2) is 47.8 Å². The molecule has 1 heterocycles. The molecule has 0 saturated heterocycles. The lowest BCUT2D eigenvalue weighted by molar-refractivity contribution is -0.139. The number of carbonyl (C=O) groups excluding carboxylic acids is 2. The van der Waals surface area contributed by atoms with E-state index in [9.17, 15) is 9.59 Å². The SMILES string of the molecule is COc1ccc(CCNC(=O)C(=O)N/N=C\c2cccnc2)cc1OC. The zero-order valence-electron chi connectivity index (χ0n) is 14.6. The van der Waals surface area contributed by atoms with Crippen LogP contribution in [0, 0.1) is 0 Å². The predicted molar refractivity (Wildman–Crippen MR) is 96.2 cm³/mol. The molecule has 1 aromatic heterocycles. The van der Waals surface area contributed by atoms with Crippen LogP contribution >= 0.6 is 0 Å². The third kappa shape index (κ3) is 5.59. The first-order valence-electron chi connectivity index (χ1n) is 7.86. The molecule has 2 amide bonds. The molecule has 0 radical (unpaired) electrons. The average molecular weight is 356 g/mol. The second-order valence-corrected chi connectivity index (χ2v) is 5.18. The van der Waals surface area contributed by atoms with Crippen molar-refractivity contribution in [2.24, 2.45) is 5.10 Å². The number of hydrogen-bond donors (Lipinski definition) is 2. The number of aromatic nitrogens is 1. The lowest BCUT2D eigenvalue weighted by atomic mass is 10.1. The number of pyridine rings is 1. The zero-order valence-corrected chi connectivity index (χ0v) is 14.6. The van der Waals surface area contributed by atoms with Crippen molar-refractivity contribution in [2.75, 3.05) is 20.8 Å². The summed E-state index contributed by atoms with van der Waals surface area (Å²) >= 11 is 0. The number of methoxy groups -OCH3 is 2. The largest absolute Gasteiger partial charge is 0.493 e. The molecular formula is C18H20N4O4. The highest BCUT2D eigenvalue weighted by Gasteiger charge is 2.12. The Morgan fingerprint density at radius 1 is 1.15 bits per heavy atom. The fraction of sp³-hybridized carbons (Fsp3) is 0.222. The second-order valence-electron chi connectivity index (χ2n) is 5.18. The van der Waals surface area contributed by atoms with E-state index in [1.165, 1.54) is 6.21 Å². The Labute approximate surface area is 151 Å². The molecule has 0 bridgehead atoms. The molecule has 2 aromatic rings. The molecule has 0 aliphatic carbocycles. The van der Waals surface area contributed by atoms with E-state index in [-0.39, 0.29) is 0 Å². The maximum absolute atomic E-state index is 11.7. The Balaban J connectivity index is 1.77. The van der Waals surface area contributed by atoms with Crippen LogP contribution in [0.25, 0.3) is 0 Å². The Hall–Kier alpha value is -3.42. The molecule has 0 fully saturated rings. The maximum atomic E-state index is 11.7. The normalized spacial score (nSPS) is 10.4. The summed E-state index contributed by atoms with van der Waals surface area (Å²) in [5.41, 5.74) is 3.82. The third-order valence-corrected chi connectivity index (χ3v) is 3.42. The predicted octanol–water partition coefficient (Wildman–Crippen LogP) is 0.908. The maximum Gasteiger partial charge on any atom is 0.329 e. The van der Waals surface area contributed by atoms with Crippen molar-refractivity contribution in [1.29, 1.82) is 0 Å². The molecule has 136 valence electrons. The number of rotatable bonds is 7. The van der Waals surface area contributed by atoms with E-state index < -0.39 is 11.8 Å². The Kier molecular flexibility index (Phi) is 7.11. The number of carbonyl (C=O) groups is 2. The van der Waals surface area contributed by atoms with Crippen LogP contribution in [-0.2, 0) is 16.0 Å². The number of ether oxygens (including phenoxy) is 2. The van der Waals surface area contributed by atoms with Crippen LogP contribution in [0.4, 0.5) is 0 Å². The van der Waals surface area contributed by atoms with Gasteiger partial charge in [-0.15, -0.1) is 0 Å². The van der Waals surface area contributed by atoms with Gasteiger partial charge in [0, 0.05) is 24.5 Å². The van der Waals surface area contributed by atoms with Crippen LogP contribution < -0.4 is 20.2 Å². The van der Waals surface area contributed by atoms with E-state index in [1.807, 2.05) is 12.1 Å². The molecule has 0 unspecified atom stereocenters. The van der Waals surface area contributed by atoms with Crippen molar-refractivity contribution in [1.82, 2.24) is 15.7 Å². The molecule has 2 rings (SSSR count). The van der Waals surface area contributed by atoms with E-state index in [0.29, 0.717) is 30.0 Å². The zero-order chi connectivity index (χ0) is 18.8. The van der Waals surface area contributed by atoms with Crippen LogP contribution in [0.2, 0.25) is 0 Å².